The lowest BCUT2D eigenvalue weighted by atomic mass is 10.1. The Balaban J connectivity index is 2.29. The van der Waals surface area contributed by atoms with E-state index in [0.717, 1.165) is 15.6 Å². The van der Waals surface area contributed by atoms with Gasteiger partial charge in [0.15, 0.2) is 0 Å². The summed E-state index contributed by atoms with van der Waals surface area (Å²) in [4.78, 5) is 0.217. The van der Waals surface area contributed by atoms with Crippen molar-refractivity contribution in [1.29, 1.82) is 0 Å². The predicted octanol–water partition coefficient (Wildman–Crippen LogP) is 3.58. The van der Waals surface area contributed by atoms with Crippen LogP contribution in [0, 0.1) is 6.92 Å². The third-order valence-electron chi connectivity index (χ3n) is 3.15. The lowest BCUT2D eigenvalue weighted by Gasteiger charge is -2.12. The topological polar surface area (TPSA) is 72.2 Å². The van der Waals surface area contributed by atoms with E-state index in [2.05, 4.69) is 20.7 Å². The van der Waals surface area contributed by atoms with Gasteiger partial charge in [-0.05, 0) is 55.3 Å². The molecule has 2 rings (SSSR count). The van der Waals surface area contributed by atoms with E-state index < -0.39 is 10.0 Å². The Morgan fingerprint density at radius 1 is 1.14 bits per heavy atom. The number of halogens is 1. The van der Waals surface area contributed by atoms with Crippen LogP contribution in [0.1, 0.15) is 24.1 Å². The van der Waals surface area contributed by atoms with Gasteiger partial charge in [-0.15, -0.1) is 0 Å². The van der Waals surface area contributed by atoms with Crippen LogP contribution in [-0.2, 0) is 10.0 Å². The van der Waals surface area contributed by atoms with E-state index in [1.54, 1.807) is 36.4 Å². The molecule has 2 aromatic carbocycles. The van der Waals surface area contributed by atoms with Crippen molar-refractivity contribution in [1.82, 2.24) is 0 Å². The van der Waals surface area contributed by atoms with Crippen molar-refractivity contribution in [3.05, 3.63) is 58.1 Å². The van der Waals surface area contributed by atoms with E-state index in [9.17, 15) is 8.42 Å². The number of hydrogen-bond acceptors (Lipinski definition) is 3. The molecule has 4 nitrogen and oxygen atoms in total. The average molecular weight is 369 g/mol. The monoisotopic (exact) mass is 368 g/mol. The summed E-state index contributed by atoms with van der Waals surface area (Å²) in [5.41, 5.74) is 8.07. The van der Waals surface area contributed by atoms with Gasteiger partial charge in [-0.2, -0.15) is 0 Å². The van der Waals surface area contributed by atoms with Crippen molar-refractivity contribution in [3.63, 3.8) is 0 Å². The van der Waals surface area contributed by atoms with Gasteiger partial charge < -0.3 is 5.73 Å². The zero-order valence-electron chi connectivity index (χ0n) is 11.8. The number of nitrogens with two attached hydrogens (primary N) is 1. The van der Waals surface area contributed by atoms with Crippen LogP contribution in [0.5, 0.6) is 0 Å². The highest BCUT2D eigenvalue weighted by atomic mass is 79.9. The van der Waals surface area contributed by atoms with E-state index in [4.69, 9.17) is 5.73 Å². The van der Waals surface area contributed by atoms with Gasteiger partial charge in [-0.25, -0.2) is 8.42 Å². The highest BCUT2D eigenvalue weighted by Gasteiger charge is 2.15. The maximum atomic E-state index is 12.4. The fourth-order valence-electron chi connectivity index (χ4n) is 1.90. The van der Waals surface area contributed by atoms with Crippen LogP contribution in [0.4, 0.5) is 5.69 Å². The first kappa shape index (κ1) is 16.0. The zero-order chi connectivity index (χ0) is 15.6. The van der Waals surface area contributed by atoms with Crippen molar-refractivity contribution < 1.29 is 8.42 Å². The molecule has 21 heavy (non-hydrogen) atoms. The number of anilines is 1. The summed E-state index contributed by atoms with van der Waals surface area (Å²) in [5.74, 6) is 0. The van der Waals surface area contributed by atoms with E-state index in [1.165, 1.54) is 0 Å². The minimum Gasteiger partial charge on any atom is -0.324 e. The first-order valence-corrected chi connectivity index (χ1v) is 8.72. The van der Waals surface area contributed by atoms with Gasteiger partial charge in [0.05, 0.1) is 10.6 Å². The molecule has 2 aromatic rings. The van der Waals surface area contributed by atoms with Gasteiger partial charge in [-0.1, -0.05) is 28.1 Å². The summed E-state index contributed by atoms with van der Waals surface area (Å²) < 4.78 is 28.2. The third kappa shape index (κ3) is 3.84. The Hall–Kier alpha value is -1.37. The van der Waals surface area contributed by atoms with E-state index in [0.29, 0.717) is 5.69 Å². The molecule has 0 aliphatic rings. The molecule has 1 unspecified atom stereocenters. The lowest BCUT2D eigenvalue weighted by Crippen LogP contribution is -2.14. The van der Waals surface area contributed by atoms with Crippen LogP contribution in [0.3, 0.4) is 0 Å². The summed E-state index contributed by atoms with van der Waals surface area (Å²) in [6.07, 6.45) is 0. The molecule has 6 heteroatoms. The summed E-state index contributed by atoms with van der Waals surface area (Å²) in [6, 6.07) is 11.9. The number of nitrogens with one attached hydrogen (secondary N) is 1. The standard InChI is InChI=1S/C15H17BrN2O2S/c1-10-9-13(16)5-8-15(10)18-21(19,20)14-6-3-12(4-7-14)11(2)17/h3-9,11,18H,17H2,1-2H3. The molecule has 0 fully saturated rings. The number of rotatable bonds is 4. The van der Waals surface area contributed by atoms with E-state index in [-0.39, 0.29) is 10.9 Å². The number of benzene rings is 2. The third-order valence-corrected chi connectivity index (χ3v) is 5.02. The fraction of sp³-hybridized carbons (Fsp3) is 0.200. The average Bonchev–Trinajstić information content (AvgIpc) is 2.42. The number of sulfonamides is 1. The molecule has 0 amide bonds. The van der Waals surface area contributed by atoms with Crippen LogP contribution < -0.4 is 10.5 Å². The molecule has 0 aliphatic heterocycles. The Morgan fingerprint density at radius 3 is 2.29 bits per heavy atom. The zero-order valence-corrected chi connectivity index (χ0v) is 14.2. The number of aryl methyl sites for hydroxylation is 1. The van der Waals surface area contributed by atoms with Crippen molar-refractivity contribution in [2.24, 2.45) is 5.73 Å². The SMILES string of the molecule is Cc1cc(Br)ccc1NS(=O)(=O)c1ccc(C(C)N)cc1. The Labute approximate surface area is 133 Å². The van der Waals surface area contributed by atoms with E-state index in [1.807, 2.05) is 19.9 Å². The maximum absolute atomic E-state index is 12.4. The number of hydrogen-bond donors (Lipinski definition) is 2. The molecule has 0 spiro atoms. The molecule has 1 atom stereocenters. The largest absolute Gasteiger partial charge is 0.324 e. The smallest absolute Gasteiger partial charge is 0.261 e. The highest BCUT2D eigenvalue weighted by molar-refractivity contribution is 9.10. The quantitative estimate of drug-likeness (QED) is 0.865. The van der Waals surface area contributed by atoms with E-state index >= 15 is 0 Å². The molecule has 3 N–H and O–H groups in total. The second kappa shape index (κ2) is 6.17. The second-order valence-electron chi connectivity index (χ2n) is 4.92. The summed E-state index contributed by atoms with van der Waals surface area (Å²) in [6.45, 7) is 3.70. The molecule has 0 aromatic heterocycles. The summed E-state index contributed by atoms with van der Waals surface area (Å²) >= 11 is 3.35. The van der Waals surface area contributed by atoms with Crippen LogP contribution in [0.25, 0.3) is 0 Å². The molecular weight excluding hydrogens is 352 g/mol. The van der Waals surface area contributed by atoms with Crippen molar-refractivity contribution >= 4 is 31.6 Å². The molecule has 0 saturated carbocycles. The van der Waals surface area contributed by atoms with Gasteiger partial charge >= 0.3 is 0 Å². The molecule has 112 valence electrons. The van der Waals surface area contributed by atoms with Gasteiger partial charge in [0.2, 0.25) is 0 Å². The second-order valence-corrected chi connectivity index (χ2v) is 7.52. The summed E-state index contributed by atoms with van der Waals surface area (Å²) in [7, 11) is -3.60. The lowest BCUT2D eigenvalue weighted by molar-refractivity contribution is 0.601. The van der Waals surface area contributed by atoms with Gasteiger partial charge in [0, 0.05) is 10.5 Å². The molecule has 0 saturated heterocycles. The van der Waals surface area contributed by atoms with Crippen LogP contribution in [-0.4, -0.2) is 8.42 Å². The molecular formula is C15H17BrN2O2S. The molecule has 0 heterocycles. The van der Waals surface area contributed by atoms with Gasteiger partial charge in [0.1, 0.15) is 0 Å². The van der Waals surface area contributed by atoms with Crippen molar-refractivity contribution in [3.8, 4) is 0 Å². The van der Waals surface area contributed by atoms with Gasteiger partial charge in [0.25, 0.3) is 10.0 Å². The Morgan fingerprint density at radius 2 is 1.76 bits per heavy atom. The van der Waals surface area contributed by atoms with Crippen molar-refractivity contribution in [2.45, 2.75) is 24.8 Å². The molecule has 0 aliphatic carbocycles. The highest BCUT2D eigenvalue weighted by Crippen LogP contribution is 2.23. The van der Waals surface area contributed by atoms with Crippen LogP contribution in [0.2, 0.25) is 0 Å². The first-order chi connectivity index (χ1) is 9.79. The van der Waals surface area contributed by atoms with Crippen LogP contribution in [0.15, 0.2) is 51.8 Å². The molecule has 0 bridgehead atoms. The first-order valence-electron chi connectivity index (χ1n) is 6.44. The Kier molecular flexibility index (Phi) is 4.70. The van der Waals surface area contributed by atoms with Crippen molar-refractivity contribution in [2.75, 3.05) is 4.72 Å². The normalized spacial score (nSPS) is 13.0. The Bertz CT molecular complexity index is 741. The minimum absolute atomic E-state index is 0.122. The minimum atomic E-state index is -3.60. The predicted molar refractivity (Wildman–Crippen MR) is 88.7 cm³/mol. The molecule has 0 radical (unpaired) electrons. The van der Waals surface area contributed by atoms with Gasteiger partial charge in [-0.3, -0.25) is 4.72 Å². The van der Waals surface area contributed by atoms with Crippen LogP contribution >= 0.6 is 15.9 Å². The summed E-state index contributed by atoms with van der Waals surface area (Å²) in [5, 5.41) is 0. The fourth-order valence-corrected chi connectivity index (χ4v) is 3.50. The maximum Gasteiger partial charge on any atom is 0.261 e.